The lowest BCUT2D eigenvalue weighted by molar-refractivity contribution is 0.0508. The Labute approximate surface area is 288 Å². The van der Waals surface area contributed by atoms with Crippen LogP contribution in [-0.2, 0) is 9.47 Å². The molecule has 0 saturated carbocycles. The van der Waals surface area contributed by atoms with E-state index in [-0.39, 0.29) is 60.7 Å². The summed E-state index contributed by atoms with van der Waals surface area (Å²) in [7, 11) is 0. The zero-order valence-electron chi connectivity index (χ0n) is 28.6. The first-order valence-electron chi connectivity index (χ1n) is 15.4. The van der Waals surface area contributed by atoms with Crippen molar-refractivity contribution in [3.05, 3.63) is 71.8 Å². The maximum atomic E-state index is 11.7. The number of carboxylic acids is 1. The van der Waals surface area contributed by atoms with Crippen molar-refractivity contribution in [3.63, 3.8) is 0 Å². The molecule has 0 aliphatic carbocycles. The van der Waals surface area contributed by atoms with E-state index in [0.717, 1.165) is 0 Å². The van der Waals surface area contributed by atoms with Gasteiger partial charge in [-0.1, -0.05) is 60.7 Å². The molecule has 2 aromatic carbocycles. The Balaban J connectivity index is 0.000000270. The van der Waals surface area contributed by atoms with Gasteiger partial charge in [0, 0.05) is 11.1 Å². The normalized spacial score (nSPS) is 11.0. The molecule has 0 aliphatic heterocycles. The number of hydrogen-bond donors (Lipinski definition) is 4. The number of nitrogens with one attached hydrogen (secondary N) is 2. The lowest BCUT2D eigenvalue weighted by Crippen LogP contribution is -2.34. The Morgan fingerprint density at radius 3 is 1.42 bits per heavy atom. The number of aromatic carboxylic acids is 1. The lowest BCUT2D eigenvalue weighted by atomic mass is 10.1. The summed E-state index contributed by atoms with van der Waals surface area (Å²) in [4.78, 5) is 46.3. The number of ether oxygens (including phenoxy) is 4. The molecule has 0 spiro atoms. The van der Waals surface area contributed by atoms with Crippen LogP contribution >= 0.6 is 0 Å². The fourth-order valence-corrected chi connectivity index (χ4v) is 3.96. The molecule has 2 aromatic heterocycles. The van der Waals surface area contributed by atoms with Crippen molar-refractivity contribution >= 4 is 24.1 Å². The smallest absolute Gasteiger partial charge is 0.407 e. The van der Waals surface area contributed by atoms with Crippen molar-refractivity contribution in [3.8, 4) is 34.4 Å². The summed E-state index contributed by atoms with van der Waals surface area (Å²) in [5.74, 6) is -1.73. The second-order valence-corrected chi connectivity index (χ2v) is 12.3. The summed E-state index contributed by atoms with van der Waals surface area (Å²) >= 11 is 0. The Morgan fingerprint density at radius 2 is 1.06 bits per heavy atom. The number of rotatable bonds is 12. The molecule has 4 aromatic rings. The number of amides is 3. The largest absolute Gasteiger partial charge is 0.477 e. The first-order valence-corrected chi connectivity index (χ1v) is 15.4. The van der Waals surface area contributed by atoms with Crippen molar-refractivity contribution in [1.82, 2.24) is 20.9 Å². The van der Waals surface area contributed by atoms with Crippen LogP contribution in [-0.4, -0.2) is 77.0 Å². The number of nitrogens with two attached hydrogens (primary N) is 1. The summed E-state index contributed by atoms with van der Waals surface area (Å²) < 4.78 is 31.2. The van der Waals surface area contributed by atoms with Gasteiger partial charge in [0.2, 0.25) is 0 Å². The predicted octanol–water partition coefficient (Wildman–Crippen LogP) is 5.29. The highest BCUT2D eigenvalue weighted by atomic mass is 16.6. The molecule has 2 heterocycles. The van der Waals surface area contributed by atoms with Crippen LogP contribution in [0.3, 0.4) is 0 Å². The molecular formula is C34H41N5O11. The topological polar surface area (TPSA) is 228 Å². The van der Waals surface area contributed by atoms with Crippen LogP contribution in [0.1, 0.15) is 62.3 Å². The maximum absolute atomic E-state index is 11.7. The standard InChI is InChI=1S/C17H21N3O5.C17H20N2O6/c1-17(2,3)24-16(22)19-9-10-23-15-12(14(18)21)13(25-20-15)11-7-5-4-6-8-11;1-17(2,3)24-16(22)18-9-10-23-14-12(15(20)21)13(25-19-14)11-7-5-4-6-8-11/h4-8H,9-10H2,1-3H3,(H2,18,21)(H,19,22);4-8H,9-10H2,1-3H3,(H,18,22)(H,20,21). The van der Waals surface area contributed by atoms with Crippen molar-refractivity contribution in [1.29, 1.82) is 0 Å². The predicted molar refractivity (Wildman–Crippen MR) is 179 cm³/mol. The highest BCUT2D eigenvalue weighted by Crippen LogP contribution is 2.31. The van der Waals surface area contributed by atoms with Crippen LogP contribution in [0.5, 0.6) is 11.8 Å². The van der Waals surface area contributed by atoms with Crippen LogP contribution in [0, 0.1) is 0 Å². The average Bonchev–Trinajstić information content (AvgIpc) is 3.66. The lowest BCUT2D eigenvalue weighted by Gasteiger charge is -2.19. The quantitative estimate of drug-likeness (QED) is 0.138. The van der Waals surface area contributed by atoms with E-state index in [0.29, 0.717) is 11.1 Å². The Bertz CT molecular complexity index is 1600. The monoisotopic (exact) mass is 695 g/mol. The number of hydrogen-bond acceptors (Lipinski definition) is 12. The molecule has 268 valence electrons. The van der Waals surface area contributed by atoms with Gasteiger partial charge in [-0.3, -0.25) is 4.79 Å². The zero-order valence-corrected chi connectivity index (χ0v) is 28.6. The molecule has 50 heavy (non-hydrogen) atoms. The average molecular weight is 696 g/mol. The highest BCUT2D eigenvalue weighted by molar-refractivity contribution is 6.00. The first kappa shape index (κ1) is 38.4. The van der Waals surface area contributed by atoms with Gasteiger partial charge >= 0.3 is 18.2 Å². The molecule has 3 amide bonds. The van der Waals surface area contributed by atoms with Gasteiger partial charge in [0.1, 0.15) is 24.4 Å². The second-order valence-electron chi connectivity index (χ2n) is 12.3. The molecule has 0 radical (unpaired) electrons. The van der Waals surface area contributed by atoms with E-state index in [1.54, 1.807) is 96.1 Å². The summed E-state index contributed by atoms with van der Waals surface area (Å²) in [6, 6.07) is 17.7. The van der Waals surface area contributed by atoms with E-state index in [1.807, 2.05) is 6.07 Å². The third-order valence-corrected chi connectivity index (χ3v) is 5.87. The zero-order chi connectivity index (χ0) is 36.9. The van der Waals surface area contributed by atoms with Gasteiger partial charge in [-0.15, -0.1) is 0 Å². The Kier molecular flexibility index (Phi) is 13.3. The van der Waals surface area contributed by atoms with E-state index in [2.05, 4.69) is 20.9 Å². The second kappa shape index (κ2) is 17.4. The van der Waals surface area contributed by atoms with E-state index < -0.39 is 35.3 Å². The third kappa shape index (κ3) is 12.2. The molecule has 0 aliphatic rings. The Morgan fingerprint density at radius 1 is 0.680 bits per heavy atom. The van der Waals surface area contributed by atoms with Crippen LogP contribution in [0.4, 0.5) is 9.59 Å². The van der Waals surface area contributed by atoms with Crippen molar-refractivity contribution in [2.75, 3.05) is 26.3 Å². The number of carbonyl (C=O) groups is 4. The minimum absolute atomic E-state index is 0.0142. The molecule has 16 heteroatoms. The molecule has 0 fully saturated rings. The number of aromatic nitrogens is 2. The summed E-state index contributed by atoms with van der Waals surface area (Å²) in [6.07, 6.45) is -1.14. The van der Waals surface area contributed by atoms with Gasteiger partial charge in [0.15, 0.2) is 22.6 Å². The Hall–Kier alpha value is -6.06. The number of benzene rings is 2. The molecule has 5 N–H and O–H groups in total. The van der Waals surface area contributed by atoms with E-state index in [4.69, 9.17) is 33.7 Å². The highest BCUT2D eigenvalue weighted by Gasteiger charge is 2.26. The number of primary amides is 1. The summed E-state index contributed by atoms with van der Waals surface area (Å²) in [5.41, 5.74) is 5.36. The van der Waals surface area contributed by atoms with Crippen molar-refractivity contribution in [2.24, 2.45) is 5.73 Å². The molecule has 4 rings (SSSR count). The number of carbonyl (C=O) groups excluding carboxylic acids is 3. The fraction of sp³-hybridized carbons (Fsp3) is 0.353. The number of carboxylic acid groups (broad SMARTS) is 1. The molecule has 0 unspecified atom stereocenters. The molecular weight excluding hydrogens is 654 g/mol. The summed E-state index contributed by atoms with van der Waals surface area (Å²) in [6.45, 7) is 10.9. The van der Waals surface area contributed by atoms with Gasteiger partial charge in [0.05, 0.1) is 13.1 Å². The van der Waals surface area contributed by atoms with Gasteiger partial charge in [-0.25, -0.2) is 14.4 Å². The molecule has 0 bridgehead atoms. The van der Waals surface area contributed by atoms with Gasteiger partial charge in [-0.2, -0.15) is 0 Å². The third-order valence-electron chi connectivity index (χ3n) is 5.87. The van der Waals surface area contributed by atoms with Crippen molar-refractivity contribution < 1.29 is 52.3 Å². The van der Waals surface area contributed by atoms with Crippen LogP contribution in [0.2, 0.25) is 0 Å². The van der Waals surface area contributed by atoms with E-state index in [1.165, 1.54) is 0 Å². The molecule has 16 nitrogen and oxygen atoms in total. The van der Waals surface area contributed by atoms with Crippen LogP contribution in [0.15, 0.2) is 69.7 Å². The number of alkyl carbamates (subject to hydrolysis) is 2. The van der Waals surface area contributed by atoms with Gasteiger partial charge in [0.25, 0.3) is 17.7 Å². The van der Waals surface area contributed by atoms with Gasteiger partial charge in [-0.05, 0) is 51.9 Å². The molecule has 0 atom stereocenters. The molecule has 0 saturated heterocycles. The van der Waals surface area contributed by atoms with Crippen LogP contribution in [0.25, 0.3) is 22.6 Å². The maximum Gasteiger partial charge on any atom is 0.407 e. The van der Waals surface area contributed by atoms with Crippen LogP contribution < -0.4 is 25.8 Å². The van der Waals surface area contributed by atoms with E-state index >= 15 is 0 Å². The van der Waals surface area contributed by atoms with Crippen molar-refractivity contribution in [2.45, 2.75) is 52.7 Å². The van der Waals surface area contributed by atoms with Gasteiger partial charge < -0.3 is 49.5 Å². The minimum Gasteiger partial charge on any atom is -0.477 e. The fourth-order valence-electron chi connectivity index (χ4n) is 3.96. The van der Waals surface area contributed by atoms with E-state index in [9.17, 15) is 24.3 Å². The first-order chi connectivity index (χ1) is 23.6. The number of nitrogens with zero attached hydrogens (tertiary/aromatic N) is 2. The minimum atomic E-state index is -1.21. The SMILES string of the molecule is CC(C)(C)OC(=O)NCCOc1noc(-c2ccccc2)c1C(=O)O.CC(C)(C)OC(=O)NCCOc1noc(-c2ccccc2)c1C(N)=O. The summed E-state index contributed by atoms with van der Waals surface area (Å²) in [5, 5.41) is 21.9.